The van der Waals surface area contributed by atoms with Crippen molar-refractivity contribution in [3.05, 3.63) is 123 Å². The van der Waals surface area contributed by atoms with E-state index in [1.807, 2.05) is 59.0 Å². The molecule has 0 aliphatic heterocycles. The highest BCUT2D eigenvalue weighted by atomic mass is 35.5. The van der Waals surface area contributed by atoms with E-state index in [9.17, 15) is 4.79 Å². The van der Waals surface area contributed by atoms with Crippen molar-refractivity contribution in [2.45, 2.75) is 10.9 Å². The predicted molar refractivity (Wildman–Crippen MR) is 161 cm³/mol. The van der Waals surface area contributed by atoms with Gasteiger partial charge >= 0.3 is 0 Å². The van der Waals surface area contributed by atoms with Crippen molar-refractivity contribution in [1.82, 2.24) is 29.1 Å². The highest BCUT2D eigenvalue weighted by molar-refractivity contribution is 7.98. The lowest BCUT2D eigenvalue weighted by Gasteiger charge is -2.15. The minimum atomic E-state index is -0.565. The van der Waals surface area contributed by atoms with E-state index in [4.69, 9.17) is 33.2 Å². The van der Waals surface area contributed by atoms with E-state index in [1.165, 1.54) is 40.6 Å². The minimum absolute atomic E-state index is 0.0716. The molecule has 200 valence electrons. The Hall–Kier alpha value is -4.31. The van der Waals surface area contributed by atoms with Gasteiger partial charge in [0.1, 0.15) is 17.5 Å². The molecule has 0 fully saturated rings. The van der Waals surface area contributed by atoms with E-state index in [2.05, 4.69) is 10.2 Å². The fourth-order valence-electron chi connectivity index (χ4n) is 4.80. The summed E-state index contributed by atoms with van der Waals surface area (Å²) in [6.45, 7) is 0. The standard InChI is InChI=1S/C30H17Cl2FN6OS/c31-18-14-20-26(21(32)15-18)35-25(38(29(20)40)24-13-7-5-11-22(24)33)16-41-30-37-36-28-19-10-4-6-12-23(19)34-27(39(28)30)17-8-2-1-3-9-17/h1-15H,16H2. The summed E-state index contributed by atoms with van der Waals surface area (Å²) < 4.78 is 18.2. The number of hydrogen-bond donors (Lipinski definition) is 0. The van der Waals surface area contributed by atoms with Gasteiger partial charge in [-0.2, -0.15) is 0 Å². The molecule has 7 rings (SSSR count). The second-order valence-corrected chi connectivity index (χ2v) is 10.9. The van der Waals surface area contributed by atoms with Crippen LogP contribution in [0.25, 0.3) is 44.5 Å². The molecule has 0 atom stereocenters. The third kappa shape index (κ3) is 4.42. The number of nitrogens with zero attached hydrogens (tertiary/aromatic N) is 6. The van der Waals surface area contributed by atoms with Crippen molar-refractivity contribution in [3.8, 4) is 17.1 Å². The maximum Gasteiger partial charge on any atom is 0.266 e. The lowest BCUT2D eigenvalue weighted by molar-refractivity contribution is 0.613. The quantitative estimate of drug-likeness (QED) is 0.192. The molecule has 0 spiro atoms. The Kier molecular flexibility index (Phi) is 6.42. The highest BCUT2D eigenvalue weighted by Crippen LogP contribution is 2.32. The molecule has 0 amide bonds. The molecule has 0 aliphatic rings. The zero-order valence-corrected chi connectivity index (χ0v) is 23.3. The molecular formula is C30H17Cl2FN6OS. The Morgan fingerprint density at radius 1 is 0.829 bits per heavy atom. The van der Waals surface area contributed by atoms with Crippen molar-refractivity contribution in [1.29, 1.82) is 0 Å². The van der Waals surface area contributed by atoms with Gasteiger partial charge in [0.05, 0.1) is 32.9 Å². The molecule has 0 bridgehead atoms. The Balaban J connectivity index is 1.42. The van der Waals surface area contributed by atoms with Crippen LogP contribution in [-0.2, 0) is 5.75 Å². The van der Waals surface area contributed by atoms with E-state index in [0.717, 1.165) is 16.5 Å². The normalized spacial score (nSPS) is 11.6. The summed E-state index contributed by atoms with van der Waals surface area (Å²) in [5, 5.41) is 11.1. The van der Waals surface area contributed by atoms with E-state index >= 15 is 4.39 Å². The van der Waals surface area contributed by atoms with Crippen molar-refractivity contribution in [3.63, 3.8) is 0 Å². The van der Waals surface area contributed by atoms with Crippen LogP contribution < -0.4 is 5.56 Å². The topological polar surface area (TPSA) is 78.0 Å². The minimum Gasteiger partial charge on any atom is -0.268 e. The number of para-hydroxylation sites is 2. The summed E-state index contributed by atoms with van der Waals surface area (Å²) in [4.78, 5) is 23.4. The zero-order valence-electron chi connectivity index (χ0n) is 21.0. The number of aromatic nitrogens is 6. The highest BCUT2D eigenvalue weighted by Gasteiger charge is 2.21. The van der Waals surface area contributed by atoms with Gasteiger partial charge in [0.15, 0.2) is 10.8 Å². The van der Waals surface area contributed by atoms with Crippen LogP contribution in [0.3, 0.4) is 0 Å². The predicted octanol–water partition coefficient (Wildman–Crippen LogP) is 7.38. The molecule has 7 nitrogen and oxygen atoms in total. The van der Waals surface area contributed by atoms with Gasteiger partial charge in [0, 0.05) is 16.0 Å². The van der Waals surface area contributed by atoms with Crippen molar-refractivity contribution in [2.24, 2.45) is 0 Å². The zero-order chi connectivity index (χ0) is 28.1. The maximum absolute atomic E-state index is 15.0. The number of thioether (sulfide) groups is 1. The molecule has 4 aromatic carbocycles. The first kappa shape index (κ1) is 25.6. The molecule has 41 heavy (non-hydrogen) atoms. The van der Waals surface area contributed by atoms with Crippen LogP contribution in [0, 0.1) is 5.82 Å². The molecule has 0 aliphatic carbocycles. The molecule has 0 unspecified atom stereocenters. The van der Waals surface area contributed by atoms with Crippen molar-refractivity contribution in [2.75, 3.05) is 0 Å². The second-order valence-electron chi connectivity index (χ2n) is 9.15. The van der Waals surface area contributed by atoms with E-state index in [1.54, 1.807) is 12.1 Å². The molecule has 3 aromatic heterocycles. The molecule has 3 heterocycles. The SMILES string of the molecule is O=c1c2cc(Cl)cc(Cl)c2nc(CSc2nnc3c4ccccc4nc(-c4ccccc4)n23)n1-c1ccccc1F. The third-order valence-electron chi connectivity index (χ3n) is 6.63. The summed E-state index contributed by atoms with van der Waals surface area (Å²) in [5.74, 6) is 0.543. The van der Waals surface area contributed by atoms with E-state index in [-0.39, 0.29) is 38.2 Å². The van der Waals surface area contributed by atoms with Crippen molar-refractivity contribution < 1.29 is 4.39 Å². The van der Waals surface area contributed by atoms with Crippen LogP contribution in [0.15, 0.2) is 101 Å². The van der Waals surface area contributed by atoms with Gasteiger partial charge in [-0.1, -0.05) is 89.6 Å². The van der Waals surface area contributed by atoms with Crippen LogP contribution >= 0.6 is 35.0 Å². The largest absolute Gasteiger partial charge is 0.268 e. The number of rotatable bonds is 5. The molecule has 11 heteroatoms. The molecule has 0 saturated heterocycles. The molecular weight excluding hydrogens is 582 g/mol. The molecule has 0 N–H and O–H groups in total. The van der Waals surface area contributed by atoms with Gasteiger partial charge in [0.2, 0.25) is 0 Å². The Bertz CT molecular complexity index is 2180. The average molecular weight is 599 g/mol. The van der Waals surface area contributed by atoms with Crippen LogP contribution in [0.4, 0.5) is 4.39 Å². The van der Waals surface area contributed by atoms with Gasteiger partial charge in [-0.3, -0.25) is 13.8 Å². The van der Waals surface area contributed by atoms with Gasteiger partial charge in [-0.15, -0.1) is 10.2 Å². The second kappa shape index (κ2) is 10.3. The van der Waals surface area contributed by atoms with Crippen LogP contribution in [0.1, 0.15) is 5.82 Å². The summed E-state index contributed by atoms with van der Waals surface area (Å²) in [7, 11) is 0. The van der Waals surface area contributed by atoms with E-state index in [0.29, 0.717) is 16.6 Å². The first-order chi connectivity index (χ1) is 20.0. The van der Waals surface area contributed by atoms with Gasteiger partial charge in [-0.25, -0.2) is 14.4 Å². The Labute approximate surface area is 246 Å². The van der Waals surface area contributed by atoms with Crippen LogP contribution in [-0.4, -0.2) is 29.1 Å². The monoisotopic (exact) mass is 598 g/mol. The summed E-state index contributed by atoms with van der Waals surface area (Å²) in [5.41, 5.74) is 2.20. The fourth-order valence-corrected chi connectivity index (χ4v) is 6.19. The van der Waals surface area contributed by atoms with Gasteiger partial charge < -0.3 is 0 Å². The number of hydrogen-bond acceptors (Lipinski definition) is 6. The Morgan fingerprint density at radius 3 is 2.41 bits per heavy atom. The summed E-state index contributed by atoms with van der Waals surface area (Å²) >= 11 is 13.9. The third-order valence-corrected chi connectivity index (χ3v) is 8.06. The number of fused-ring (bicyclic) bond motifs is 4. The summed E-state index contributed by atoms with van der Waals surface area (Å²) in [6, 6.07) is 26.6. The number of halogens is 3. The van der Waals surface area contributed by atoms with Gasteiger partial charge in [0.25, 0.3) is 5.56 Å². The molecule has 0 radical (unpaired) electrons. The molecule has 7 aromatic rings. The van der Waals surface area contributed by atoms with Crippen molar-refractivity contribution >= 4 is 62.4 Å². The maximum atomic E-state index is 15.0. The van der Waals surface area contributed by atoms with Crippen LogP contribution in [0.2, 0.25) is 10.0 Å². The smallest absolute Gasteiger partial charge is 0.266 e. The first-order valence-corrected chi connectivity index (χ1v) is 14.2. The summed E-state index contributed by atoms with van der Waals surface area (Å²) in [6.07, 6.45) is 0. The van der Waals surface area contributed by atoms with Gasteiger partial charge in [-0.05, 0) is 36.4 Å². The lowest BCUT2D eigenvalue weighted by Crippen LogP contribution is -2.24. The first-order valence-electron chi connectivity index (χ1n) is 12.5. The lowest BCUT2D eigenvalue weighted by atomic mass is 10.2. The molecule has 0 saturated carbocycles. The van der Waals surface area contributed by atoms with E-state index < -0.39 is 11.4 Å². The Morgan fingerprint density at radius 2 is 1.59 bits per heavy atom. The number of benzene rings is 4. The fraction of sp³-hybridized carbons (Fsp3) is 0.0333. The van der Waals surface area contributed by atoms with Crippen LogP contribution in [0.5, 0.6) is 0 Å². The average Bonchev–Trinajstić information content (AvgIpc) is 3.42.